The lowest BCUT2D eigenvalue weighted by Gasteiger charge is -2.51. The molecule has 2 rings (SSSR count). The molecule has 2 aliphatic rings. The first-order chi connectivity index (χ1) is 13.3. The van der Waals surface area contributed by atoms with Gasteiger partial charge in [0.2, 0.25) is 0 Å². The molecule has 0 saturated carbocycles. The number of nitrogens with zero attached hydrogens (tertiary/aromatic N) is 4. The zero-order valence-corrected chi connectivity index (χ0v) is 20.9. The first kappa shape index (κ1) is 25.0. The highest BCUT2D eigenvalue weighted by Gasteiger charge is 2.41. The molecule has 29 heavy (non-hydrogen) atoms. The van der Waals surface area contributed by atoms with Gasteiger partial charge in [-0.25, -0.2) is 0 Å². The predicted octanol–water partition coefficient (Wildman–Crippen LogP) is 2.24. The number of hydrogen-bond acceptors (Lipinski definition) is 6. The standard InChI is InChI=1S/C23H48N4O2/c1-18-17-29-21(16-27(18)22(2,3)4)20(25(9)10)13-23(5,6)26-11-12-28-19(15-26)14-24(7)8/h18-21H,11-17H2,1-10H3. The Kier molecular flexibility index (Phi) is 8.56. The van der Waals surface area contributed by atoms with E-state index in [2.05, 4.69) is 89.3 Å². The molecule has 4 atom stereocenters. The van der Waals surface area contributed by atoms with Crippen LogP contribution in [0.2, 0.25) is 0 Å². The molecule has 0 bridgehead atoms. The van der Waals surface area contributed by atoms with Crippen molar-refractivity contribution in [2.45, 2.75) is 83.3 Å². The lowest BCUT2D eigenvalue weighted by atomic mass is 9.87. The van der Waals surface area contributed by atoms with Gasteiger partial charge in [0, 0.05) is 49.3 Å². The van der Waals surface area contributed by atoms with Crippen LogP contribution in [0.1, 0.15) is 48.0 Å². The van der Waals surface area contributed by atoms with Gasteiger partial charge >= 0.3 is 0 Å². The second-order valence-corrected chi connectivity index (χ2v) is 11.3. The minimum absolute atomic E-state index is 0.0995. The molecule has 6 nitrogen and oxygen atoms in total. The molecule has 0 radical (unpaired) electrons. The van der Waals surface area contributed by atoms with Crippen LogP contribution < -0.4 is 0 Å². The number of rotatable bonds is 7. The Morgan fingerprint density at radius 1 is 1.00 bits per heavy atom. The van der Waals surface area contributed by atoms with Gasteiger partial charge in [-0.2, -0.15) is 0 Å². The van der Waals surface area contributed by atoms with Crippen LogP contribution in [0.15, 0.2) is 0 Å². The van der Waals surface area contributed by atoms with Crippen LogP contribution in [0.5, 0.6) is 0 Å². The van der Waals surface area contributed by atoms with Crippen molar-refractivity contribution in [2.75, 3.05) is 67.6 Å². The van der Waals surface area contributed by atoms with Crippen molar-refractivity contribution in [3.63, 3.8) is 0 Å². The SMILES string of the molecule is CC1COC(C(CC(C)(C)N2CCOC(CN(C)C)C2)N(C)C)CN1C(C)(C)C. The van der Waals surface area contributed by atoms with E-state index < -0.39 is 0 Å². The molecular weight excluding hydrogens is 364 g/mol. The quantitative estimate of drug-likeness (QED) is 0.637. The van der Waals surface area contributed by atoms with Gasteiger partial charge in [-0.05, 0) is 76.2 Å². The van der Waals surface area contributed by atoms with Crippen LogP contribution in [0.4, 0.5) is 0 Å². The first-order valence-electron chi connectivity index (χ1n) is 11.4. The van der Waals surface area contributed by atoms with Gasteiger partial charge in [-0.3, -0.25) is 9.80 Å². The van der Waals surface area contributed by atoms with Crippen LogP contribution in [0.25, 0.3) is 0 Å². The molecule has 0 aromatic carbocycles. The summed E-state index contributed by atoms with van der Waals surface area (Å²) >= 11 is 0. The third-order valence-corrected chi connectivity index (χ3v) is 6.69. The van der Waals surface area contributed by atoms with Gasteiger partial charge in [-0.15, -0.1) is 0 Å². The van der Waals surface area contributed by atoms with Crippen LogP contribution >= 0.6 is 0 Å². The predicted molar refractivity (Wildman–Crippen MR) is 122 cm³/mol. The van der Waals surface area contributed by atoms with E-state index in [1.54, 1.807) is 0 Å². The van der Waals surface area contributed by atoms with Crippen molar-refractivity contribution < 1.29 is 9.47 Å². The maximum Gasteiger partial charge on any atom is 0.0858 e. The van der Waals surface area contributed by atoms with E-state index in [1.165, 1.54) is 0 Å². The Morgan fingerprint density at radius 2 is 1.66 bits per heavy atom. The maximum atomic E-state index is 6.41. The average molecular weight is 413 g/mol. The molecule has 0 amide bonds. The van der Waals surface area contributed by atoms with Gasteiger partial charge in [0.15, 0.2) is 0 Å². The van der Waals surface area contributed by atoms with Crippen molar-refractivity contribution in [3.05, 3.63) is 0 Å². The molecule has 2 saturated heterocycles. The van der Waals surface area contributed by atoms with Gasteiger partial charge in [0.05, 0.1) is 25.4 Å². The second kappa shape index (κ2) is 9.92. The molecule has 2 fully saturated rings. The monoisotopic (exact) mass is 412 g/mol. The van der Waals surface area contributed by atoms with Gasteiger partial charge in [0.1, 0.15) is 0 Å². The smallest absolute Gasteiger partial charge is 0.0858 e. The minimum atomic E-state index is 0.0995. The van der Waals surface area contributed by atoms with Crippen molar-refractivity contribution in [3.8, 4) is 0 Å². The molecule has 0 N–H and O–H groups in total. The summed E-state index contributed by atoms with van der Waals surface area (Å²) in [6.07, 6.45) is 1.61. The van der Waals surface area contributed by atoms with E-state index in [4.69, 9.17) is 9.47 Å². The third-order valence-electron chi connectivity index (χ3n) is 6.69. The highest BCUT2D eigenvalue weighted by atomic mass is 16.5. The number of likely N-dealkylation sites (N-methyl/N-ethyl adjacent to an activating group) is 2. The Labute approximate surface area is 180 Å². The lowest BCUT2D eigenvalue weighted by Crippen LogP contribution is -2.62. The highest BCUT2D eigenvalue weighted by molar-refractivity contribution is 4.96. The highest BCUT2D eigenvalue weighted by Crippen LogP contribution is 2.30. The average Bonchev–Trinajstić information content (AvgIpc) is 2.59. The molecule has 0 spiro atoms. The number of ether oxygens (including phenoxy) is 2. The van der Waals surface area contributed by atoms with Crippen molar-refractivity contribution >= 4 is 0 Å². The maximum absolute atomic E-state index is 6.41. The fourth-order valence-electron chi connectivity index (χ4n) is 5.02. The summed E-state index contributed by atoms with van der Waals surface area (Å²) in [4.78, 5) is 9.85. The largest absolute Gasteiger partial charge is 0.374 e. The first-order valence-corrected chi connectivity index (χ1v) is 11.4. The summed E-state index contributed by atoms with van der Waals surface area (Å²) in [6, 6.07) is 0.852. The topological polar surface area (TPSA) is 31.4 Å². The normalized spacial score (nSPS) is 29.6. The van der Waals surface area contributed by atoms with Crippen molar-refractivity contribution in [2.24, 2.45) is 0 Å². The zero-order valence-electron chi connectivity index (χ0n) is 20.9. The summed E-state index contributed by atoms with van der Waals surface area (Å²) in [5, 5.41) is 0. The Balaban J connectivity index is 2.08. The summed E-state index contributed by atoms with van der Waals surface area (Å²) in [7, 11) is 8.66. The van der Waals surface area contributed by atoms with E-state index in [1.807, 2.05) is 0 Å². The number of hydrogen-bond donors (Lipinski definition) is 0. The van der Waals surface area contributed by atoms with Gasteiger partial charge in [0.25, 0.3) is 0 Å². The summed E-state index contributed by atoms with van der Waals surface area (Å²) in [5.74, 6) is 0. The lowest BCUT2D eigenvalue weighted by molar-refractivity contribution is -0.124. The van der Waals surface area contributed by atoms with E-state index in [0.717, 1.165) is 45.8 Å². The van der Waals surface area contributed by atoms with Crippen LogP contribution in [0, 0.1) is 0 Å². The Hall–Kier alpha value is -0.240. The molecule has 0 aliphatic carbocycles. The molecule has 0 aromatic heterocycles. The van der Waals surface area contributed by atoms with Gasteiger partial charge < -0.3 is 19.3 Å². The van der Waals surface area contributed by atoms with Crippen molar-refractivity contribution in [1.29, 1.82) is 0 Å². The van der Waals surface area contributed by atoms with E-state index in [0.29, 0.717) is 18.2 Å². The molecule has 2 aliphatic heterocycles. The van der Waals surface area contributed by atoms with E-state index in [-0.39, 0.29) is 17.2 Å². The summed E-state index contributed by atoms with van der Waals surface area (Å²) in [5.41, 5.74) is 0.264. The molecule has 172 valence electrons. The zero-order chi connectivity index (χ0) is 22.0. The molecule has 2 heterocycles. The van der Waals surface area contributed by atoms with Crippen LogP contribution in [-0.2, 0) is 9.47 Å². The minimum Gasteiger partial charge on any atom is -0.374 e. The van der Waals surface area contributed by atoms with E-state index in [9.17, 15) is 0 Å². The fourth-order valence-corrected chi connectivity index (χ4v) is 5.02. The fraction of sp³-hybridized carbons (Fsp3) is 1.00. The van der Waals surface area contributed by atoms with E-state index >= 15 is 0 Å². The third kappa shape index (κ3) is 6.88. The molecule has 4 unspecified atom stereocenters. The van der Waals surface area contributed by atoms with Crippen LogP contribution in [0.3, 0.4) is 0 Å². The van der Waals surface area contributed by atoms with Crippen molar-refractivity contribution in [1.82, 2.24) is 19.6 Å². The summed E-state index contributed by atoms with van der Waals surface area (Å²) < 4.78 is 12.4. The Morgan fingerprint density at radius 3 is 2.21 bits per heavy atom. The second-order valence-electron chi connectivity index (χ2n) is 11.3. The number of morpholine rings is 2. The Bertz CT molecular complexity index is 504. The van der Waals surface area contributed by atoms with Crippen LogP contribution in [-0.4, -0.2) is 123 Å². The summed E-state index contributed by atoms with van der Waals surface area (Å²) in [6.45, 7) is 19.7. The van der Waals surface area contributed by atoms with Gasteiger partial charge in [-0.1, -0.05) is 0 Å². The molecule has 0 aromatic rings. The molecule has 6 heteroatoms. The molecular formula is C23H48N4O2.